The lowest BCUT2D eigenvalue weighted by Crippen LogP contribution is -2.38. The Bertz CT molecular complexity index is 667. The number of aliphatic imine (C=N–C) groups is 1. The Kier molecular flexibility index (Phi) is 5.37. The molecule has 1 N–H and O–H groups in total. The standard InChI is InChI=1S/C14H16F3N5O2/c1-18-12(21-7-2-3-8-21)13(22(23)24)20-19-11-6-4-5-10(9-11)14(15,16)17/h4-6,9,19H,2-3,7-8H2,1H3/b18-12?,20-13+. The zero-order valence-electron chi connectivity index (χ0n) is 12.9. The molecular formula is C14H16F3N5O2. The second-order valence-corrected chi connectivity index (χ2v) is 5.12. The average Bonchev–Trinajstić information content (AvgIpc) is 3.04. The molecule has 1 aromatic carbocycles. The molecule has 10 heteroatoms. The topological polar surface area (TPSA) is 83.1 Å². The highest BCUT2D eigenvalue weighted by Crippen LogP contribution is 2.30. The van der Waals surface area contributed by atoms with Gasteiger partial charge in [-0.2, -0.15) is 18.6 Å². The summed E-state index contributed by atoms with van der Waals surface area (Å²) in [4.78, 5) is 16.2. The van der Waals surface area contributed by atoms with Gasteiger partial charge in [-0.25, -0.2) is 0 Å². The summed E-state index contributed by atoms with van der Waals surface area (Å²) in [6.07, 6.45) is -2.71. The van der Waals surface area contributed by atoms with Crippen LogP contribution in [-0.2, 0) is 6.18 Å². The molecule has 0 bridgehead atoms. The number of anilines is 1. The van der Waals surface area contributed by atoms with Crippen LogP contribution in [0.3, 0.4) is 0 Å². The van der Waals surface area contributed by atoms with E-state index in [-0.39, 0.29) is 11.5 Å². The Labute approximate surface area is 136 Å². The summed E-state index contributed by atoms with van der Waals surface area (Å²) < 4.78 is 38.1. The number of nitro groups is 1. The maximum Gasteiger partial charge on any atom is 0.430 e. The number of likely N-dealkylation sites (tertiary alicyclic amines) is 1. The molecule has 1 aromatic rings. The Balaban J connectivity index is 2.24. The molecule has 0 radical (unpaired) electrons. The maximum absolute atomic E-state index is 12.7. The van der Waals surface area contributed by atoms with E-state index in [4.69, 9.17) is 0 Å². The summed E-state index contributed by atoms with van der Waals surface area (Å²) in [5, 5.41) is 14.9. The molecule has 2 rings (SSSR count). The van der Waals surface area contributed by atoms with Gasteiger partial charge in [0.2, 0.25) is 5.84 Å². The molecule has 0 spiro atoms. The highest BCUT2D eigenvalue weighted by molar-refractivity contribution is 6.37. The number of nitrogens with zero attached hydrogens (tertiary/aromatic N) is 4. The second kappa shape index (κ2) is 7.28. The third-order valence-electron chi connectivity index (χ3n) is 3.47. The maximum atomic E-state index is 12.7. The molecule has 0 unspecified atom stereocenters. The number of alkyl halides is 3. The van der Waals surface area contributed by atoms with E-state index in [2.05, 4.69) is 15.5 Å². The van der Waals surface area contributed by atoms with Gasteiger partial charge >= 0.3 is 12.0 Å². The van der Waals surface area contributed by atoms with Crippen LogP contribution in [0.1, 0.15) is 18.4 Å². The lowest BCUT2D eigenvalue weighted by Gasteiger charge is -2.16. The van der Waals surface area contributed by atoms with Gasteiger partial charge in [0.1, 0.15) is 0 Å². The van der Waals surface area contributed by atoms with E-state index >= 15 is 0 Å². The van der Waals surface area contributed by atoms with E-state index in [9.17, 15) is 23.3 Å². The van der Waals surface area contributed by atoms with E-state index in [0.717, 1.165) is 25.0 Å². The van der Waals surface area contributed by atoms with Crippen LogP contribution in [0.4, 0.5) is 18.9 Å². The van der Waals surface area contributed by atoms with Crippen molar-refractivity contribution in [2.75, 3.05) is 25.6 Å². The summed E-state index contributed by atoms with van der Waals surface area (Å²) in [5.74, 6) is -0.422. The summed E-state index contributed by atoms with van der Waals surface area (Å²) >= 11 is 0. The number of hydrogen-bond acceptors (Lipinski definition) is 5. The Hall–Kier alpha value is -2.65. The van der Waals surface area contributed by atoms with Crippen molar-refractivity contribution < 1.29 is 18.1 Å². The number of halogens is 3. The second-order valence-electron chi connectivity index (χ2n) is 5.12. The number of hydrazone groups is 1. The molecule has 24 heavy (non-hydrogen) atoms. The van der Waals surface area contributed by atoms with Crippen LogP contribution < -0.4 is 5.43 Å². The van der Waals surface area contributed by atoms with Crippen LogP contribution in [0.2, 0.25) is 0 Å². The highest BCUT2D eigenvalue weighted by atomic mass is 19.4. The predicted molar refractivity (Wildman–Crippen MR) is 83.7 cm³/mol. The zero-order chi connectivity index (χ0) is 17.7. The van der Waals surface area contributed by atoms with Gasteiger partial charge in [0.25, 0.3) is 0 Å². The van der Waals surface area contributed by atoms with E-state index in [1.807, 2.05) is 0 Å². The first-order chi connectivity index (χ1) is 11.3. The van der Waals surface area contributed by atoms with E-state index in [0.29, 0.717) is 13.1 Å². The first-order valence-electron chi connectivity index (χ1n) is 7.20. The molecule has 1 saturated heterocycles. The smallest absolute Gasteiger partial charge is 0.358 e. The Morgan fingerprint density at radius 2 is 2.00 bits per heavy atom. The van der Waals surface area contributed by atoms with Gasteiger partial charge in [-0.3, -0.25) is 4.99 Å². The van der Waals surface area contributed by atoms with Gasteiger partial charge in [-0.15, -0.1) is 0 Å². The number of amidine groups is 2. The third-order valence-corrected chi connectivity index (χ3v) is 3.47. The molecule has 7 nitrogen and oxygen atoms in total. The van der Waals surface area contributed by atoms with Crippen molar-refractivity contribution >= 4 is 17.4 Å². The van der Waals surface area contributed by atoms with Gasteiger partial charge in [0.15, 0.2) is 0 Å². The fourth-order valence-electron chi connectivity index (χ4n) is 2.37. The molecular weight excluding hydrogens is 327 g/mol. The molecule has 0 atom stereocenters. The molecule has 1 aliphatic rings. The SMILES string of the molecule is CN=C(/C(=N\Nc1cccc(C(F)(F)F)c1)[N+](=O)[O-])N1CCCC1. The van der Waals surface area contributed by atoms with Crippen molar-refractivity contribution in [3.05, 3.63) is 39.9 Å². The largest absolute Gasteiger partial charge is 0.430 e. The van der Waals surface area contributed by atoms with Crippen LogP contribution in [0, 0.1) is 10.1 Å². The molecule has 1 heterocycles. The van der Waals surface area contributed by atoms with Crippen molar-refractivity contribution in [3.63, 3.8) is 0 Å². The van der Waals surface area contributed by atoms with Crippen molar-refractivity contribution in [1.29, 1.82) is 0 Å². The first-order valence-corrected chi connectivity index (χ1v) is 7.20. The minimum absolute atomic E-state index is 0.000972. The van der Waals surface area contributed by atoms with Crippen molar-refractivity contribution in [1.82, 2.24) is 4.90 Å². The van der Waals surface area contributed by atoms with Gasteiger partial charge in [-0.05, 0) is 36.0 Å². The average molecular weight is 343 g/mol. The molecule has 0 aliphatic carbocycles. The molecule has 1 aliphatic heterocycles. The van der Waals surface area contributed by atoms with E-state index < -0.39 is 22.5 Å². The Morgan fingerprint density at radius 3 is 2.54 bits per heavy atom. The lowest BCUT2D eigenvalue weighted by molar-refractivity contribution is -0.346. The fraction of sp³-hybridized carbons (Fsp3) is 0.429. The van der Waals surface area contributed by atoms with Crippen LogP contribution >= 0.6 is 0 Å². The predicted octanol–water partition coefficient (Wildman–Crippen LogP) is 2.83. The number of benzene rings is 1. The molecule has 0 saturated carbocycles. The molecule has 130 valence electrons. The summed E-state index contributed by atoms with van der Waals surface area (Å²) in [7, 11) is 1.41. The normalized spacial score (nSPS) is 16.4. The highest BCUT2D eigenvalue weighted by Gasteiger charge is 2.31. The van der Waals surface area contributed by atoms with Crippen LogP contribution in [0.25, 0.3) is 0 Å². The molecule has 0 amide bonds. The van der Waals surface area contributed by atoms with Gasteiger partial charge in [-0.1, -0.05) is 6.07 Å². The molecule has 1 fully saturated rings. The first kappa shape index (κ1) is 17.7. The van der Waals surface area contributed by atoms with Gasteiger partial charge < -0.3 is 15.0 Å². The minimum atomic E-state index is -4.50. The quantitative estimate of drug-likeness (QED) is 0.387. The fourth-order valence-corrected chi connectivity index (χ4v) is 2.37. The number of rotatable bonds is 2. The Morgan fingerprint density at radius 1 is 1.33 bits per heavy atom. The van der Waals surface area contributed by atoms with Crippen molar-refractivity contribution in [2.24, 2.45) is 10.1 Å². The third kappa shape index (κ3) is 4.21. The lowest BCUT2D eigenvalue weighted by atomic mass is 10.2. The van der Waals surface area contributed by atoms with Crippen LogP contribution in [0.15, 0.2) is 34.4 Å². The molecule has 0 aromatic heterocycles. The van der Waals surface area contributed by atoms with Crippen LogP contribution in [0.5, 0.6) is 0 Å². The van der Waals surface area contributed by atoms with Crippen molar-refractivity contribution in [2.45, 2.75) is 19.0 Å². The summed E-state index contributed by atoms with van der Waals surface area (Å²) in [6.45, 7) is 1.26. The summed E-state index contributed by atoms with van der Waals surface area (Å²) in [5.41, 5.74) is 1.45. The summed E-state index contributed by atoms with van der Waals surface area (Å²) in [6, 6.07) is 4.28. The van der Waals surface area contributed by atoms with E-state index in [1.54, 1.807) is 4.90 Å². The van der Waals surface area contributed by atoms with Crippen molar-refractivity contribution in [3.8, 4) is 0 Å². The van der Waals surface area contributed by atoms with Crippen LogP contribution in [-0.4, -0.2) is 41.6 Å². The zero-order valence-corrected chi connectivity index (χ0v) is 12.9. The monoisotopic (exact) mass is 343 g/mol. The van der Waals surface area contributed by atoms with E-state index in [1.165, 1.54) is 19.2 Å². The number of nitrogens with one attached hydrogen (secondary N) is 1. The van der Waals surface area contributed by atoms with Gasteiger partial charge in [0, 0.05) is 20.1 Å². The minimum Gasteiger partial charge on any atom is -0.358 e. The number of hydrogen-bond donors (Lipinski definition) is 1. The van der Waals surface area contributed by atoms with Gasteiger partial charge in [0.05, 0.1) is 16.4 Å².